The molecule has 0 aliphatic carbocycles. The van der Waals surface area contributed by atoms with Crippen LogP contribution in [0.5, 0.6) is 0 Å². The Balaban J connectivity index is 2.48. The first-order valence-electron chi connectivity index (χ1n) is 5.77. The molecule has 1 atom stereocenters. The number of aromatic nitrogens is 2. The van der Waals surface area contributed by atoms with Crippen molar-refractivity contribution in [1.29, 1.82) is 0 Å². The van der Waals surface area contributed by atoms with E-state index in [1.54, 1.807) is 18.5 Å². The first-order chi connectivity index (χ1) is 9.13. The van der Waals surface area contributed by atoms with Crippen LogP contribution < -0.4 is 5.32 Å². The van der Waals surface area contributed by atoms with Crippen LogP contribution in [0.25, 0.3) is 0 Å². The minimum absolute atomic E-state index is 0.310. The van der Waals surface area contributed by atoms with Crippen LogP contribution in [-0.4, -0.2) is 16.5 Å². The maximum atomic E-state index is 13.9. The lowest BCUT2D eigenvalue weighted by Crippen LogP contribution is -2.24. The molecule has 2 aromatic heterocycles. The summed E-state index contributed by atoms with van der Waals surface area (Å²) in [6.45, 7) is 2.68. The Hall–Kier alpha value is -0.850. The zero-order chi connectivity index (χ0) is 13.8. The molecule has 0 aliphatic rings. The average Bonchev–Trinajstić information content (AvgIpc) is 2.38. The molecule has 0 fully saturated rings. The summed E-state index contributed by atoms with van der Waals surface area (Å²) >= 11 is 6.83. The Labute approximate surface area is 127 Å². The highest BCUT2D eigenvalue weighted by Crippen LogP contribution is 2.29. The van der Waals surface area contributed by atoms with E-state index < -0.39 is 0 Å². The molecule has 1 unspecified atom stereocenters. The fraction of sp³-hybridized carbons (Fsp3) is 0.231. The van der Waals surface area contributed by atoms with E-state index in [1.807, 2.05) is 13.0 Å². The summed E-state index contributed by atoms with van der Waals surface area (Å²) in [4.78, 5) is 8.15. The van der Waals surface area contributed by atoms with Crippen LogP contribution in [0.3, 0.4) is 0 Å². The van der Waals surface area contributed by atoms with Gasteiger partial charge in [-0.3, -0.25) is 9.97 Å². The molecule has 0 aromatic carbocycles. The molecule has 6 heteroatoms. The molecular formula is C13H12Br2FN3. The van der Waals surface area contributed by atoms with Gasteiger partial charge >= 0.3 is 0 Å². The first-order valence-corrected chi connectivity index (χ1v) is 7.35. The molecule has 0 spiro atoms. The summed E-state index contributed by atoms with van der Waals surface area (Å²) < 4.78 is 15.6. The van der Waals surface area contributed by atoms with Gasteiger partial charge in [0.05, 0.1) is 17.9 Å². The summed E-state index contributed by atoms with van der Waals surface area (Å²) in [6.07, 6.45) is 4.49. The summed E-state index contributed by atoms with van der Waals surface area (Å²) in [5, 5.41) is 3.24. The molecule has 100 valence electrons. The van der Waals surface area contributed by atoms with Crippen molar-refractivity contribution in [3.05, 3.63) is 56.7 Å². The molecule has 0 bridgehead atoms. The third kappa shape index (κ3) is 3.38. The highest BCUT2D eigenvalue weighted by Gasteiger charge is 2.20. The van der Waals surface area contributed by atoms with Gasteiger partial charge in [-0.2, -0.15) is 0 Å². The fourth-order valence-electron chi connectivity index (χ4n) is 1.82. The summed E-state index contributed by atoms with van der Waals surface area (Å²) in [6, 6.07) is 3.25. The summed E-state index contributed by atoms with van der Waals surface area (Å²) in [5.74, 6) is -0.343. The van der Waals surface area contributed by atoms with E-state index >= 15 is 0 Å². The van der Waals surface area contributed by atoms with E-state index in [4.69, 9.17) is 0 Å². The molecule has 0 amide bonds. The number of rotatable bonds is 4. The van der Waals surface area contributed by atoms with Crippen LogP contribution in [0.1, 0.15) is 24.2 Å². The van der Waals surface area contributed by atoms with Crippen molar-refractivity contribution in [3.63, 3.8) is 0 Å². The third-order valence-electron chi connectivity index (χ3n) is 2.63. The molecule has 0 saturated carbocycles. The van der Waals surface area contributed by atoms with Gasteiger partial charge in [-0.15, -0.1) is 0 Å². The number of pyridine rings is 2. The predicted molar refractivity (Wildman–Crippen MR) is 79.4 cm³/mol. The van der Waals surface area contributed by atoms with Crippen LogP contribution in [0.2, 0.25) is 0 Å². The predicted octanol–water partition coefficient (Wildman–Crippen LogP) is 3.84. The van der Waals surface area contributed by atoms with E-state index in [0.29, 0.717) is 12.1 Å². The van der Waals surface area contributed by atoms with E-state index in [-0.39, 0.29) is 11.9 Å². The van der Waals surface area contributed by atoms with E-state index in [2.05, 4.69) is 47.1 Å². The van der Waals surface area contributed by atoms with Crippen LogP contribution in [0.15, 0.2) is 39.7 Å². The summed E-state index contributed by atoms with van der Waals surface area (Å²) in [7, 11) is 0. The van der Waals surface area contributed by atoms with Gasteiger partial charge < -0.3 is 5.32 Å². The lowest BCUT2D eigenvalue weighted by molar-refractivity contribution is 0.546. The quantitative estimate of drug-likeness (QED) is 0.864. The average molecular weight is 389 g/mol. The van der Waals surface area contributed by atoms with E-state index in [9.17, 15) is 4.39 Å². The molecule has 0 saturated heterocycles. The van der Waals surface area contributed by atoms with Crippen LogP contribution >= 0.6 is 31.9 Å². The van der Waals surface area contributed by atoms with E-state index in [0.717, 1.165) is 14.6 Å². The topological polar surface area (TPSA) is 37.8 Å². The second-order valence-corrected chi connectivity index (χ2v) is 5.68. The maximum absolute atomic E-state index is 13.9. The van der Waals surface area contributed by atoms with Gasteiger partial charge in [0.1, 0.15) is 5.82 Å². The maximum Gasteiger partial charge on any atom is 0.146 e. The Morgan fingerprint density at radius 1 is 1.37 bits per heavy atom. The highest BCUT2D eigenvalue weighted by molar-refractivity contribution is 9.11. The Morgan fingerprint density at radius 2 is 2.16 bits per heavy atom. The van der Waals surface area contributed by atoms with Gasteiger partial charge in [-0.05, 0) is 50.5 Å². The van der Waals surface area contributed by atoms with Gasteiger partial charge in [-0.25, -0.2) is 4.39 Å². The normalized spacial score (nSPS) is 12.4. The smallest absolute Gasteiger partial charge is 0.146 e. The minimum atomic E-state index is -0.343. The molecule has 1 N–H and O–H groups in total. The van der Waals surface area contributed by atoms with Crippen LogP contribution in [-0.2, 0) is 0 Å². The van der Waals surface area contributed by atoms with Crippen molar-refractivity contribution in [2.75, 3.05) is 6.54 Å². The molecule has 0 aliphatic heterocycles. The number of halogens is 3. The van der Waals surface area contributed by atoms with Crippen molar-refractivity contribution in [2.24, 2.45) is 0 Å². The number of nitrogens with zero attached hydrogens (tertiary/aromatic N) is 2. The zero-order valence-corrected chi connectivity index (χ0v) is 13.4. The van der Waals surface area contributed by atoms with Gasteiger partial charge in [0.15, 0.2) is 0 Å². The van der Waals surface area contributed by atoms with Gasteiger partial charge in [0.2, 0.25) is 0 Å². The number of nitrogens with one attached hydrogen (secondary N) is 1. The number of hydrogen-bond donors (Lipinski definition) is 1. The summed E-state index contributed by atoms with van der Waals surface area (Å²) in [5.41, 5.74) is 1.28. The lowest BCUT2D eigenvalue weighted by atomic mass is 10.0. The molecule has 2 heterocycles. The van der Waals surface area contributed by atoms with Crippen molar-refractivity contribution in [3.8, 4) is 0 Å². The molecular weight excluding hydrogens is 377 g/mol. The van der Waals surface area contributed by atoms with E-state index in [1.165, 1.54) is 6.20 Å². The molecule has 0 radical (unpaired) electrons. The van der Waals surface area contributed by atoms with Crippen molar-refractivity contribution in [2.45, 2.75) is 13.0 Å². The monoisotopic (exact) mass is 387 g/mol. The van der Waals surface area contributed by atoms with Gasteiger partial charge in [0, 0.05) is 26.9 Å². The zero-order valence-electron chi connectivity index (χ0n) is 10.2. The Morgan fingerprint density at radius 3 is 2.79 bits per heavy atom. The van der Waals surface area contributed by atoms with Crippen LogP contribution in [0, 0.1) is 5.82 Å². The SMILES string of the molecule is CCNC(c1ccncc1F)c1ncc(Br)cc1Br. The highest BCUT2D eigenvalue weighted by atomic mass is 79.9. The molecule has 19 heavy (non-hydrogen) atoms. The first kappa shape index (κ1) is 14.6. The Kier molecular flexibility index (Phi) is 5.01. The Bertz CT molecular complexity index is 578. The molecule has 2 aromatic rings. The molecule has 2 rings (SSSR count). The van der Waals surface area contributed by atoms with Crippen molar-refractivity contribution in [1.82, 2.24) is 15.3 Å². The second kappa shape index (κ2) is 6.54. The lowest BCUT2D eigenvalue weighted by Gasteiger charge is -2.19. The van der Waals surface area contributed by atoms with Gasteiger partial charge in [0.25, 0.3) is 0 Å². The van der Waals surface area contributed by atoms with Crippen molar-refractivity contribution < 1.29 is 4.39 Å². The van der Waals surface area contributed by atoms with Gasteiger partial charge in [-0.1, -0.05) is 6.92 Å². The molecule has 3 nitrogen and oxygen atoms in total. The standard InChI is InChI=1S/C13H12Br2FN3/c1-2-18-12(9-3-4-17-7-11(9)16)13-10(15)5-8(14)6-19-13/h3-7,12,18H,2H2,1H3. The minimum Gasteiger partial charge on any atom is -0.305 e. The largest absolute Gasteiger partial charge is 0.305 e. The third-order valence-corrected chi connectivity index (χ3v) is 3.70. The number of hydrogen-bond acceptors (Lipinski definition) is 3. The fourth-order valence-corrected chi connectivity index (χ4v) is 3.03. The van der Waals surface area contributed by atoms with Crippen molar-refractivity contribution >= 4 is 31.9 Å². The second-order valence-electron chi connectivity index (χ2n) is 3.91. The van der Waals surface area contributed by atoms with Crippen LogP contribution in [0.4, 0.5) is 4.39 Å².